The van der Waals surface area contributed by atoms with Crippen molar-refractivity contribution in [3.05, 3.63) is 89.4 Å². The molecule has 2 aromatic carbocycles. The van der Waals surface area contributed by atoms with E-state index in [1.807, 2.05) is 35.2 Å². The van der Waals surface area contributed by atoms with Crippen molar-refractivity contribution in [2.45, 2.75) is 23.6 Å². The molecular weight excluding hydrogens is 330 g/mol. The van der Waals surface area contributed by atoms with E-state index in [2.05, 4.69) is 30.3 Å². The molecule has 3 aromatic rings. The number of carbonyl (C=O) groups is 1. The normalized spacial score (nSPS) is 13.5. The van der Waals surface area contributed by atoms with Gasteiger partial charge in [0.1, 0.15) is 0 Å². The Morgan fingerprint density at radius 3 is 2.60 bits per heavy atom. The van der Waals surface area contributed by atoms with Gasteiger partial charge in [-0.25, -0.2) is 0 Å². The highest BCUT2D eigenvalue weighted by Gasteiger charge is 2.25. The van der Waals surface area contributed by atoms with Gasteiger partial charge in [0.2, 0.25) is 0 Å². The Labute approximate surface area is 151 Å². The topological polar surface area (TPSA) is 33.5 Å². The second kappa shape index (κ2) is 7.19. The van der Waals surface area contributed by atoms with Crippen LogP contribution in [0.15, 0.2) is 76.2 Å². The second-order valence-electron chi connectivity index (χ2n) is 6.12. The fraction of sp³-hybridized carbons (Fsp3) is 0.190. The van der Waals surface area contributed by atoms with E-state index in [4.69, 9.17) is 4.42 Å². The van der Waals surface area contributed by atoms with Crippen LogP contribution in [0.3, 0.4) is 0 Å². The minimum Gasteiger partial charge on any atom is -0.459 e. The van der Waals surface area contributed by atoms with Crippen LogP contribution >= 0.6 is 11.8 Å². The van der Waals surface area contributed by atoms with Crippen molar-refractivity contribution in [2.75, 3.05) is 6.54 Å². The van der Waals surface area contributed by atoms with Gasteiger partial charge in [0.15, 0.2) is 5.76 Å². The molecule has 3 nitrogen and oxygen atoms in total. The minimum atomic E-state index is -0.0110. The Hall–Kier alpha value is -2.46. The van der Waals surface area contributed by atoms with Gasteiger partial charge in [0.05, 0.1) is 6.26 Å². The van der Waals surface area contributed by atoms with Crippen molar-refractivity contribution < 1.29 is 9.21 Å². The van der Waals surface area contributed by atoms with Crippen LogP contribution in [-0.2, 0) is 18.7 Å². The molecule has 1 aliphatic rings. The first-order chi connectivity index (χ1) is 12.3. The average molecular weight is 349 g/mol. The summed E-state index contributed by atoms with van der Waals surface area (Å²) in [6, 6.07) is 20.4. The average Bonchev–Trinajstić information content (AvgIpc) is 3.15. The van der Waals surface area contributed by atoms with E-state index in [1.165, 1.54) is 16.0 Å². The summed E-state index contributed by atoms with van der Waals surface area (Å²) >= 11 is 1.71. The zero-order valence-corrected chi connectivity index (χ0v) is 14.7. The van der Waals surface area contributed by atoms with Crippen molar-refractivity contribution >= 4 is 17.7 Å². The monoisotopic (exact) mass is 349 g/mol. The van der Waals surface area contributed by atoms with E-state index < -0.39 is 0 Å². The Bertz CT molecular complexity index is 872. The van der Waals surface area contributed by atoms with E-state index >= 15 is 0 Å². The van der Waals surface area contributed by atoms with Crippen molar-refractivity contribution in [3.63, 3.8) is 0 Å². The summed E-state index contributed by atoms with van der Waals surface area (Å²) in [5.41, 5.74) is 3.53. The quantitative estimate of drug-likeness (QED) is 0.636. The first kappa shape index (κ1) is 16.0. The maximum Gasteiger partial charge on any atom is 0.290 e. The number of nitrogens with zero attached hydrogens (tertiary/aromatic N) is 1. The van der Waals surface area contributed by atoms with Gasteiger partial charge in [-0.15, -0.1) is 11.8 Å². The number of fused-ring (bicyclic) bond motifs is 1. The van der Waals surface area contributed by atoms with Crippen LogP contribution in [0.4, 0.5) is 0 Å². The Morgan fingerprint density at radius 2 is 1.76 bits per heavy atom. The SMILES string of the molecule is O=C(c1occc1CSc1ccccc1)N1CCc2ccccc2C1. The highest BCUT2D eigenvalue weighted by molar-refractivity contribution is 7.98. The zero-order valence-electron chi connectivity index (χ0n) is 13.9. The van der Waals surface area contributed by atoms with Gasteiger partial charge in [0, 0.05) is 29.3 Å². The Balaban J connectivity index is 1.47. The van der Waals surface area contributed by atoms with Gasteiger partial charge >= 0.3 is 0 Å². The largest absolute Gasteiger partial charge is 0.459 e. The highest BCUT2D eigenvalue weighted by atomic mass is 32.2. The van der Waals surface area contributed by atoms with E-state index in [1.54, 1.807) is 18.0 Å². The van der Waals surface area contributed by atoms with E-state index in [9.17, 15) is 4.79 Å². The molecule has 0 aliphatic carbocycles. The number of carbonyl (C=O) groups excluding carboxylic acids is 1. The van der Waals surface area contributed by atoms with Gasteiger partial charge in [-0.2, -0.15) is 0 Å². The third-order valence-corrected chi connectivity index (χ3v) is 5.56. The van der Waals surface area contributed by atoms with E-state index in [-0.39, 0.29) is 5.91 Å². The molecule has 1 aliphatic heterocycles. The van der Waals surface area contributed by atoms with Gasteiger partial charge in [0.25, 0.3) is 5.91 Å². The molecule has 0 unspecified atom stereocenters. The molecule has 126 valence electrons. The lowest BCUT2D eigenvalue weighted by atomic mass is 9.99. The molecule has 4 rings (SSSR count). The third kappa shape index (κ3) is 3.49. The summed E-state index contributed by atoms with van der Waals surface area (Å²) in [6.45, 7) is 1.39. The summed E-state index contributed by atoms with van der Waals surface area (Å²) in [6.07, 6.45) is 2.52. The molecule has 0 spiro atoms. The van der Waals surface area contributed by atoms with Gasteiger partial charge in [-0.05, 0) is 35.7 Å². The fourth-order valence-electron chi connectivity index (χ4n) is 3.13. The first-order valence-corrected chi connectivity index (χ1v) is 9.40. The lowest BCUT2D eigenvalue weighted by molar-refractivity contribution is 0.0701. The number of hydrogen-bond acceptors (Lipinski definition) is 3. The number of amides is 1. The third-order valence-electron chi connectivity index (χ3n) is 4.50. The summed E-state index contributed by atoms with van der Waals surface area (Å²) < 4.78 is 5.55. The van der Waals surface area contributed by atoms with Crippen LogP contribution in [0, 0.1) is 0 Å². The molecule has 0 saturated heterocycles. The summed E-state index contributed by atoms with van der Waals surface area (Å²) in [4.78, 5) is 16.0. The van der Waals surface area contributed by atoms with Crippen LogP contribution in [0.5, 0.6) is 0 Å². The lowest BCUT2D eigenvalue weighted by Gasteiger charge is -2.28. The van der Waals surface area contributed by atoms with Crippen LogP contribution in [-0.4, -0.2) is 17.4 Å². The smallest absolute Gasteiger partial charge is 0.290 e. The Kier molecular flexibility index (Phi) is 4.61. The van der Waals surface area contributed by atoms with E-state index in [0.717, 1.165) is 24.3 Å². The van der Waals surface area contributed by atoms with Crippen molar-refractivity contribution in [1.29, 1.82) is 0 Å². The van der Waals surface area contributed by atoms with Crippen LogP contribution in [0.1, 0.15) is 27.2 Å². The summed E-state index contributed by atoms with van der Waals surface area (Å²) in [7, 11) is 0. The Morgan fingerprint density at radius 1 is 1.00 bits per heavy atom. The fourth-order valence-corrected chi connectivity index (χ4v) is 4.03. The van der Waals surface area contributed by atoms with Crippen molar-refractivity contribution in [1.82, 2.24) is 4.90 Å². The molecule has 0 N–H and O–H groups in total. The predicted molar refractivity (Wildman–Crippen MR) is 99.6 cm³/mol. The van der Waals surface area contributed by atoms with Crippen LogP contribution in [0.2, 0.25) is 0 Å². The van der Waals surface area contributed by atoms with Crippen LogP contribution in [0.25, 0.3) is 0 Å². The van der Waals surface area contributed by atoms with Gasteiger partial charge in [-0.3, -0.25) is 4.79 Å². The van der Waals surface area contributed by atoms with Gasteiger partial charge in [-0.1, -0.05) is 42.5 Å². The number of hydrogen-bond donors (Lipinski definition) is 0. The summed E-state index contributed by atoms with van der Waals surface area (Å²) in [5, 5.41) is 0. The number of thioether (sulfide) groups is 1. The molecule has 25 heavy (non-hydrogen) atoms. The lowest BCUT2D eigenvalue weighted by Crippen LogP contribution is -2.36. The van der Waals surface area contributed by atoms with Gasteiger partial charge < -0.3 is 9.32 Å². The molecule has 1 aromatic heterocycles. The second-order valence-corrected chi connectivity index (χ2v) is 7.17. The zero-order chi connectivity index (χ0) is 17.1. The molecular formula is C21H19NO2S. The molecule has 4 heteroatoms. The molecule has 0 atom stereocenters. The number of furan rings is 1. The number of rotatable bonds is 4. The van der Waals surface area contributed by atoms with Crippen molar-refractivity contribution in [2.24, 2.45) is 0 Å². The molecule has 0 bridgehead atoms. The maximum absolute atomic E-state index is 12.9. The first-order valence-electron chi connectivity index (χ1n) is 8.41. The van der Waals surface area contributed by atoms with Crippen LogP contribution < -0.4 is 0 Å². The molecule has 0 radical (unpaired) electrons. The minimum absolute atomic E-state index is 0.0110. The molecule has 1 amide bonds. The highest BCUT2D eigenvalue weighted by Crippen LogP contribution is 2.27. The maximum atomic E-state index is 12.9. The van der Waals surface area contributed by atoms with Crippen molar-refractivity contribution in [3.8, 4) is 0 Å². The molecule has 0 saturated carbocycles. The predicted octanol–water partition coefficient (Wildman–Crippen LogP) is 4.77. The summed E-state index contributed by atoms with van der Waals surface area (Å²) in [5.74, 6) is 1.19. The van der Waals surface area contributed by atoms with E-state index in [0.29, 0.717) is 12.3 Å². The molecule has 2 heterocycles. The standard InChI is InChI=1S/C21H19NO2S/c23-21(22-12-10-16-6-4-5-7-17(16)14-22)20-18(11-13-24-20)15-25-19-8-2-1-3-9-19/h1-9,11,13H,10,12,14-15H2. The molecule has 0 fully saturated rings. The number of benzene rings is 2.